The molecule has 1 saturated carbocycles. The van der Waals surface area contributed by atoms with Gasteiger partial charge in [-0.2, -0.15) is 0 Å². The molecule has 2 heterocycles. The molecule has 5 rings (SSSR count). The van der Waals surface area contributed by atoms with E-state index in [9.17, 15) is 19.2 Å². The summed E-state index contributed by atoms with van der Waals surface area (Å²) >= 11 is 0. The zero-order chi connectivity index (χ0) is 25.2. The Morgan fingerprint density at radius 1 is 1.00 bits per heavy atom. The van der Waals surface area contributed by atoms with Crippen molar-refractivity contribution in [3.05, 3.63) is 54.1 Å². The Labute approximate surface area is 208 Å². The highest BCUT2D eigenvalue weighted by Crippen LogP contribution is 2.38. The fourth-order valence-corrected chi connectivity index (χ4v) is 5.18. The van der Waals surface area contributed by atoms with E-state index in [1.807, 2.05) is 30.3 Å². The molecule has 1 aliphatic heterocycles. The molecular weight excluding hydrogens is 462 g/mol. The number of furan rings is 1. The average molecular weight is 490 g/mol. The van der Waals surface area contributed by atoms with E-state index in [-0.39, 0.29) is 54.5 Å². The van der Waals surface area contributed by atoms with Crippen molar-refractivity contribution in [2.24, 2.45) is 11.8 Å². The number of likely N-dealkylation sites (tertiary alicyclic amines) is 1. The summed E-state index contributed by atoms with van der Waals surface area (Å²) in [7, 11) is 0. The molecule has 0 radical (unpaired) electrons. The number of benzene rings is 2. The topological polar surface area (TPSA) is 103 Å². The SMILES string of the molecule is CCOC(=O)c1c(-c2ccccc2)oc2ccc(OC(=O)CCN3C(=O)[C@H]4CCCC[C@@H]4C3=O)cc12. The maximum atomic E-state index is 12.8. The van der Waals surface area contributed by atoms with Gasteiger partial charge >= 0.3 is 11.9 Å². The molecule has 2 atom stereocenters. The minimum Gasteiger partial charge on any atom is -0.462 e. The van der Waals surface area contributed by atoms with Gasteiger partial charge in [0.25, 0.3) is 0 Å². The van der Waals surface area contributed by atoms with Crippen LogP contribution < -0.4 is 4.74 Å². The molecule has 186 valence electrons. The summed E-state index contributed by atoms with van der Waals surface area (Å²) in [5, 5.41) is 0.464. The minimum atomic E-state index is -0.575. The van der Waals surface area contributed by atoms with Gasteiger partial charge in [-0.25, -0.2) is 4.79 Å². The number of hydrogen-bond donors (Lipinski definition) is 0. The van der Waals surface area contributed by atoms with Gasteiger partial charge in [0, 0.05) is 17.5 Å². The molecule has 36 heavy (non-hydrogen) atoms. The second kappa shape index (κ2) is 9.97. The van der Waals surface area contributed by atoms with Gasteiger partial charge in [-0.15, -0.1) is 0 Å². The number of carbonyl (C=O) groups is 4. The van der Waals surface area contributed by atoms with Gasteiger partial charge in [0.1, 0.15) is 22.7 Å². The predicted octanol–water partition coefficient (Wildman–Crippen LogP) is 4.75. The summed E-state index contributed by atoms with van der Waals surface area (Å²) < 4.78 is 16.7. The second-order valence-electron chi connectivity index (χ2n) is 9.10. The van der Waals surface area contributed by atoms with Crippen LogP contribution in [0.4, 0.5) is 0 Å². The van der Waals surface area contributed by atoms with Crippen LogP contribution in [0, 0.1) is 11.8 Å². The van der Waals surface area contributed by atoms with Crippen LogP contribution in [0.2, 0.25) is 0 Å². The third kappa shape index (κ3) is 4.39. The van der Waals surface area contributed by atoms with Crippen molar-refractivity contribution in [1.82, 2.24) is 4.90 Å². The lowest BCUT2D eigenvalue weighted by Crippen LogP contribution is -2.33. The summed E-state index contributed by atoms with van der Waals surface area (Å²) in [6.07, 6.45) is 3.25. The van der Waals surface area contributed by atoms with Crippen LogP contribution in [0.5, 0.6) is 5.75 Å². The molecule has 0 unspecified atom stereocenters. The van der Waals surface area contributed by atoms with Crippen LogP contribution in [-0.2, 0) is 19.1 Å². The normalized spacial score (nSPS) is 19.4. The zero-order valence-electron chi connectivity index (χ0n) is 20.0. The number of imide groups is 1. The molecule has 2 aromatic carbocycles. The lowest BCUT2D eigenvalue weighted by molar-refractivity contribution is -0.141. The number of carbonyl (C=O) groups excluding carboxylic acids is 4. The molecule has 1 aromatic heterocycles. The van der Waals surface area contributed by atoms with E-state index in [0.717, 1.165) is 31.2 Å². The van der Waals surface area contributed by atoms with Gasteiger partial charge < -0.3 is 13.9 Å². The Morgan fingerprint density at radius 2 is 1.69 bits per heavy atom. The molecule has 1 saturated heterocycles. The number of hydrogen-bond acceptors (Lipinski definition) is 7. The molecule has 8 heteroatoms. The Morgan fingerprint density at radius 3 is 2.36 bits per heavy atom. The molecular formula is C28H27NO7. The molecule has 8 nitrogen and oxygen atoms in total. The van der Waals surface area contributed by atoms with Crippen LogP contribution in [0.1, 0.15) is 49.4 Å². The number of ether oxygens (including phenoxy) is 2. The monoisotopic (exact) mass is 489 g/mol. The van der Waals surface area contributed by atoms with E-state index < -0.39 is 11.9 Å². The van der Waals surface area contributed by atoms with Crippen LogP contribution >= 0.6 is 0 Å². The third-order valence-corrected chi connectivity index (χ3v) is 6.88. The van der Waals surface area contributed by atoms with E-state index in [2.05, 4.69) is 0 Å². The Bertz CT molecular complexity index is 1300. The Hall–Kier alpha value is -3.94. The van der Waals surface area contributed by atoms with Crippen molar-refractivity contribution in [2.75, 3.05) is 13.2 Å². The van der Waals surface area contributed by atoms with Crippen molar-refractivity contribution < 1.29 is 33.1 Å². The minimum absolute atomic E-state index is 0.00366. The maximum Gasteiger partial charge on any atom is 0.342 e. The first-order valence-electron chi connectivity index (χ1n) is 12.3. The molecule has 3 aromatic rings. The number of rotatable bonds is 7. The highest BCUT2D eigenvalue weighted by molar-refractivity contribution is 6.09. The van der Waals surface area contributed by atoms with Gasteiger partial charge in [0.05, 0.1) is 24.9 Å². The first-order chi connectivity index (χ1) is 17.5. The Kier molecular flexibility index (Phi) is 6.59. The van der Waals surface area contributed by atoms with Gasteiger partial charge in [-0.05, 0) is 38.0 Å². The first-order valence-corrected chi connectivity index (χ1v) is 12.3. The quantitative estimate of drug-likeness (QED) is 0.268. The van der Waals surface area contributed by atoms with E-state index in [1.54, 1.807) is 25.1 Å². The number of nitrogens with zero attached hydrogens (tertiary/aromatic N) is 1. The fourth-order valence-electron chi connectivity index (χ4n) is 5.18. The maximum absolute atomic E-state index is 12.8. The van der Waals surface area contributed by atoms with Crippen molar-refractivity contribution in [3.8, 4) is 17.1 Å². The van der Waals surface area contributed by atoms with E-state index in [0.29, 0.717) is 16.7 Å². The first kappa shape index (κ1) is 23.8. The molecule has 0 N–H and O–H groups in total. The van der Waals surface area contributed by atoms with E-state index in [1.165, 1.54) is 4.90 Å². The van der Waals surface area contributed by atoms with Crippen molar-refractivity contribution in [2.45, 2.75) is 39.0 Å². The zero-order valence-corrected chi connectivity index (χ0v) is 20.0. The summed E-state index contributed by atoms with van der Waals surface area (Å²) in [5.74, 6) is -1.35. The molecule has 1 aliphatic carbocycles. The largest absolute Gasteiger partial charge is 0.462 e. The summed E-state index contributed by atoms with van der Waals surface area (Å²) in [6.45, 7) is 1.92. The van der Waals surface area contributed by atoms with Crippen LogP contribution in [0.3, 0.4) is 0 Å². The molecule has 2 aliphatic rings. The van der Waals surface area contributed by atoms with Crippen molar-refractivity contribution in [3.63, 3.8) is 0 Å². The lowest BCUT2D eigenvalue weighted by Gasteiger charge is -2.19. The third-order valence-electron chi connectivity index (χ3n) is 6.88. The van der Waals surface area contributed by atoms with Gasteiger partial charge in [0.15, 0.2) is 0 Å². The Balaban J connectivity index is 1.34. The smallest absolute Gasteiger partial charge is 0.342 e. The molecule has 0 bridgehead atoms. The molecule has 0 spiro atoms. The van der Waals surface area contributed by atoms with Crippen LogP contribution in [0.15, 0.2) is 52.9 Å². The number of esters is 2. The second-order valence-corrected chi connectivity index (χ2v) is 9.10. The van der Waals surface area contributed by atoms with Crippen molar-refractivity contribution in [1.29, 1.82) is 0 Å². The summed E-state index contributed by atoms with van der Waals surface area (Å²) in [4.78, 5) is 51.9. The van der Waals surface area contributed by atoms with E-state index in [4.69, 9.17) is 13.9 Å². The lowest BCUT2D eigenvalue weighted by atomic mass is 9.81. The fraction of sp³-hybridized carbons (Fsp3) is 0.357. The van der Waals surface area contributed by atoms with Crippen LogP contribution in [-0.4, -0.2) is 41.8 Å². The van der Waals surface area contributed by atoms with Gasteiger partial charge in [-0.3, -0.25) is 19.3 Å². The van der Waals surface area contributed by atoms with Gasteiger partial charge in [0.2, 0.25) is 11.8 Å². The number of fused-ring (bicyclic) bond motifs is 2. The van der Waals surface area contributed by atoms with Crippen molar-refractivity contribution >= 4 is 34.7 Å². The average Bonchev–Trinajstić information content (AvgIpc) is 3.39. The van der Waals surface area contributed by atoms with Crippen LogP contribution in [0.25, 0.3) is 22.3 Å². The molecule has 2 amide bonds. The highest BCUT2D eigenvalue weighted by Gasteiger charge is 2.47. The summed E-state index contributed by atoms with van der Waals surface area (Å²) in [6, 6.07) is 14.0. The molecule has 2 fully saturated rings. The number of amides is 2. The predicted molar refractivity (Wildman–Crippen MR) is 130 cm³/mol. The standard InChI is InChI=1S/C28H27NO7/c1-2-34-28(33)24-21-16-18(12-13-22(21)36-25(24)17-8-4-3-5-9-17)35-23(30)14-15-29-26(31)19-10-6-7-11-20(19)27(29)32/h3-5,8-9,12-13,16,19-20H,2,6-7,10-11,14-15H2,1H3/t19-,20-/m0/s1. The summed E-state index contributed by atoms with van der Waals surface area (Å²) in [5.41, 5.74) is 1.43. The van der Waals surface area contributed by atoms with Gasteiger partial charge in [-0.1, -0.05) is 43.2 Å². The van der Waals surface area contributed by atoms with E-state index >= 15 is 0 Å². The highest BCUT2D eigenvalue weighted by atomic mass is 16.5.